The molecule has 2 unspecified atom stereocenters. The van der Waals surface area contributed by atoms with Gasteiger partial charge < -0.3 is 10.6 Å². The number of piperidine rings is 1. The Bertz CT molecular complexity index is 271. The van der Waals surface area contributed by atoms with E-state index in [1.54, 1.807) is 0 Å². The summed E-state index contributed by atoms with van der Waals surface area (Å²) in [6.45, 7) is 7.30. The zero-order valence-electron chi connectivity index (χ0n) is 11.2. The molecule has 1 saturated carbocycles. The van der Waals surface area contributed by atoms with Gasteiger partial charge in [0.15, 0.2) is 0 Å². The third kappa shape index (κ3) is 3.44. The van der Waals surface area contributed by atoms with Crippen LogP contribution in [0.25, 0.3) is 0 Å². The molecule has 1 amide bonds. The molecule has 17 heavy (non-hydrogen) atoms. The average molecular weight is 238 g/mol. The maximum Gasteiger partial charge on any atom is 0.224 e. The molecule has 0 aromatic heterocycles. The highest BCUT2D eigenvalue weighted by molar-refractivity contribution is 5.79. The van der Waals surface area contributed by atoms with Crippen molar-refractivity contribution in [2.45, 2.75) is 46.0 Å². The Morgan fingerprint density at radius 1 is 1.35 bits per heavy atom. The Hall–Kier alpha value is -0.570. The lowest BCUT2D eigenvalue weighted by Gasteiger charge is -2.29. The molecule has 1 aliphatic carbocycles. The lowest BCUT2D eigenvalue weighted by atomic mass is 9.87. The van der Waals surface area contributed by atoms with Gasteiger partial charge in [0.2, 0.25) is 5.91 Å². The van der Waals surface area contributed by atoms with Crippen LogP contribution in [0.3, 0.4) is 0 Å². The molecule has 98 valence electrons. The highest BCUT2D eigenvalue weighted by Crippen LogP contribution is 2.36. The van der Waals surface area contributed by atoms with Crippen molar-refractivity contribution in [2.75, 3.05) is 19.6 Å². The molecule has 0 radical (unpaired) electrons. The average Bonchev–Trinajstić information content (AvgIpc) is 2.74. The van der Waals surface area contributed by atoms with Crippen molar-refractivity contribution < 1.29 is 4.79 Å². The summed E-state index contributed by atoms with van der Waals surface area (Å²) >= 11 is 0. The van der Waals surface area contributed by atoms with E-state index < -0.39 is 0 Å². The molecule has 0 bridgehead atoms. The molecule has 1 aliphatic heterocycles. The lowest BCUT2D eigenvalue weighted by Crippen LogP contribution is -2.45. The van der Waals surface area contributed by atoms with Gasteiger partial charge in [0.05, 0.1) is 5.92 Å². The number of hydrogen-bond donors (Lipinski definition) is 2. The van der Waals surface area contributed by atoms with Crippen LogP contribution in [0.5, 0.6) is 0 Å². The largest absolute Gasteiger partial charge is 0.355 e. The molecule has 3 heteroatoms. The molecular weight excluding hydrogens is 212 g/mol. The molecule has 2 fully saturated rings. The molecule has 2 N–H and O–H groups in total. The first kappa shape index (κ1) is 12.9. The molecular formula is C14H26N2O. The van der Waals surface area contributed by atoms with Gasteiger partial charge in [-0.25, -0.2) is 0 Å². The Balaban J connectivity index is 1.76. The molecule has 0 spiro atoms. The van der Waals surface area contributed by atoms with E-state index in [1.165, 1.54) is 25.7 Å². The molecule has 3 nitrogen and oxygen atoms in total. The maximum absolute atomic E-state index is 12.1. The molecule has 0 aromatic rings. The normalized spacial score (nSPS) is 32.4. The van der Waals surface area contributed by atoms with E-state index in [9.17, 15) is 4.79 Å². The van der Waals surface area contributed by atoms with Gasteiger partial charge in [-0.3, -0.25) is 4.79 Å². The summed E-state index contributed by atoms with van der Waals surface area (Å²) in [7, 11) is 0. The maximum atomic E-state index is 12.1. The molecule has 0 aromatic carbocycles. The van der Waals surface area contributed by atoms with Crippen molar-refractivity contribution in [3.63, 3.8) is 0 Å². The fourth-order valence-electron chi connectivity index (χ4n) is 3.21. The van der Waals surface area contributed by atoms with Crippen molar-refractivity contribution in [3.05, 3.63) is 0 Å². The number of rotatable bonds is 3. The van der Waals surface area contributed by atoms with Gasteiger partial charge in [0.25, 0.3) is 0 Å². The number of carbonyl (C=O) groups is 1. The topological polar surface area (TPSA) is 41.1 Å². The minimum atomic E-state index is 0.184. The predicted octanol–water partition coefficient (Wildman–Crippen LogP) is 1.93. The molecule has 1 heterocycles. The van der Waals surface area contributed by atoms with Crippen LogP contribution in [0.2, 0.25) is 0 Å². The van der Waals surface area contributed by atoms with Gasteiger partial charge in [0.1, 0.15) is 0 Å². The van der Waals surface area contributed by atoms with Gasteiger partial charge in [-0.15, -0.1) is 0 Å². The summed E-state index contributed by atoms with van der Waals surface area (Å²) < 4.78 is 0. The SMILES string of the molecule is CC1CNCC(C(=O)NCC2(C)CCCC2)C1. The number of amides is 1. The monoisotopic (exact) mass is 238 g/mol. The molecule has 2 atom stereocenters. The third-order valence-corrected chi connectivity index (χ3v) is 4.44. The number of carbonyl (C=O) groups excluding carboxylic acids is 1. The van der Waals surface area contributed by atoms with Crippen LogP contribution >= 0.6 is 0 Å². The highest BCUT2D eigenvalue weighted by Gasteiger charge is 2.31. The standard InChI is InChI=1S/C14H26N2O/c1-11-7-12(9-15-8-11)13(17)16-10-14(2)5-3-4-6-14/h11-12,15H,3-10H2,1-2H3,(H,16,17). The predicted molar refractivity (Wildman–Crippen MR) is 69.7 cm³/mol. The van der Waals surface area contributed by atoms with Gasteiger partial charge in [0, 0.05) is 13.1 Å². The first-order valence-corrected chi connectivity index (χ1v) is 7.07. The van der Waals surface area contributed by atoms with E-state index in [4.69, 9.17) is 0 Å². The van der Waals surface area contributed by atoms with E-state index >= 15 is 0 Å². The van der Waals surface area contributed by atoms with Crippen molar-refractivity contribution in [1.29, 1.82) is 0 Å². The Morgan fingerprint density at radius 3 is 2.71 bits per heavy atom. The fourth-order valence-corrected chi connectivity index (χ4v) is 3.21. The van der Waals surface area contributed by atoms with Crippen LogP contribution in [-0.4, -0.2) is 25.5 Å². The van der Waals surface area contributed by atoms with Crippen LogP contribution in [0.4, 0.5) is 0 Å². The smallest absolute Gasteiger partial charge is 0.224 e. The summed E-state index contributed by atoms with van der Waals surface area (Å²) in [4.78, 5) is 12.1. The highest BCUT2D eigenvalue weighted by atomic mass is 16.1. The zero-order chi connectivity index (χ0) is 12.3. The van der Waals surface area contributed by atoms with Gasteiger partial charge in [-0.2, -0.15) is 0 Å². The van der Waals surface area contributed by atoms with Crippen molar-refractivity contribution in [1.82, 2.24) is 10.6 Å². The van der Waals surface area contributed by atoms with Gasteiger partial charge in [-0.05, 0) is 37.1 Å². The van der Waals surface area contributed by atoms with Crippen molar-refractivity contribution >= 4 is 5.91 Å². The van der Waals surface area contributed by atoms with Crippen molar-refractivity contribution in [3.8, 4) is 0 Å². The van der Waals surface area contributed by atoms with E-state index in [0.717, 1.165) is 26.1 Å². The van der Waals surface area contributed by atoms with Crippen LogP contribution < -0.4 is 10.6 Å². The Labute approximate surface area is 105 Å². The fraction of sp³-hybridized carbons (Fsp3) is 0.929. The van der Waals surface area contributed by atoms with E-state index in [1.807, 2.05) is 0 Å². The number of nitrogens with one attached hydrogen (secondary N) is 2. The summed E-state index contributed by atoms with van der Waals surface area (Å²) in [5.41, 5.74) is 0.364. The van der Waals surface area contributed by atoms with Crippen LogP contribution in [0.15, 0.2) is 0 Å². The van der Waals surface area contributed by atoms with Crippen LogP contribution in [0, 0.1) is 17.3 Å². The van der Waals surface area contributed by atoms with Gasteiger partial charge in [-0.1, -0.05) is 26.7 Å². The minimum absolute atomic E-state index is 0.184. The first-order chi connectivity index (χ1) is 8.09. The van der Waals surface area contributed by atoms with E-state index in [0.29, 0.717) is 11.3 Å². The lowest BCUT2D eigenvalue weighted by molar-refractivity contribution is -0.126. The number of hydrogen-bond acceptors (Lipinski definition) is 2. The summed E-state index contributed by atoms with van der Waals surface area (Å²) in [6, 6.07) is 0. The second-order valence-corrected chi connectivity index (χ2v) is 6.43. The second kappa shape index (κ2) is 5.38. The van der Waals surface area contributed by atoms with Gasteiger partial charge >= 0.3 is 0 Å². The van der Waals surface area contributed by atoms with E-state index in [2.05, 4.69) is 24.5 Å². The molecule has 2 aliphatic rings. The van der Waals surface area contributed by atoms with Crippen molar-refractivity contribution in [2.24, 2.45) is 17.3 Å². The first-order valence-electron chi connectivity index (χ1n) is 7.07. The second-order valence-electron chi connectivity index (χ2n) is 6.43. The zero-order valence-corrected chi connectivity index (χ0v) is 11.2. The molecule has 1 saturated heterocycles. The summed E-state index contributed by atoms with van der Waals surface area (Å²) in [6.07, 6.45) is 6.23. The minimum Gasteiger partial charge on any atom is -0.355 e. The van der Waals surface area contributed by atoms with Crippen LogP contribution in [0.1, 0.15) is 46.0 Å². The van der Waals surface area contributed by atoms with Crippen LogP contribution in [-0.2, 0) is 4.79 Å². The quantitative estimate of drug-likeness (QED) is 0.789. The Morgan fingerprint density at radius 2 is 2.06 bits per heavy atom. The summed E-state index contributed by atoms with van der Waals surface area (Å²) in [5.74, 6) is 1.07. The van der Waals surface area contributed by atoms with E-state index in [-0.39, 0.29) is 11.8 Å². The summed E-state index contributed by atoms with van der Waals surface area (Å²) in [5, 5.41) is 6.52. The molecule has 2 rings (SSSR count). The Kier molecular flexibility index (Phi) is 4.08. The third-order valence-electron chi connectivity index (χ3n) is 4.44.